The van der Waals surface area contributed by atoms with Crippen LogP contribution in [0.25, 0.3) is 16.7 Å². The number of nitrogens with zero attached hydrogens (tertiary/aromatic N) is 1. The smallest absolute Gasteiger partial charge is 0.331 e. The number of aromatic nitrogens is 2. The summed E-state index contributed by atoms with van der Waals surface area (Å²) >= 11 is 0. The monoisotopic (exact) mass is 269 g/mol. The van der Waals surface area contributed by atoms with Crippen molar-refractivity contribution < 1.29 is 4.74 Å². The molecule has 0 saturated heterocycles. The second-order valence-corrected chi connectivity index (χ2v) is 4.47. The third-order valence-corrected chi connectivity index (χ3v) is 3.11. The first kappa shape index (κ1) is 12.3. The summed E-state index contributed by atoms with van der Waals surface area (Å²) in [5.74, 6) is 0.781. The SMILES string of the molecule is CCOc1ccc(-n2c(=O)[nH]c3ccc(N)cc32)cc1. The Morgan fingerprint density at radius 2 is 1.95 bits per heavy atom. The van der Waals surface area contributed by atoms with Crippen LogP contribution in [0.15, 0.2) is 47.3 Å². The molecule has 0 saturated carbocycles. The van der Waals surface area contributed by atoms with Crippen molar-refractivity contribution in [1.82, 2.24) is 9.55 Å². The van der Waals surface area contributed by atoms with Crippen molar-refractivity contribution >= 4 is 16.7 Å². The lowest BCUT2D eigenvalue weighted by molar-refractivity contribution is 0.340. The zero-order valence-corrected chi connectivity index (χ0v) is 11.1. The number of hydrogen-bond donors (Lipinski definition) is 2. The number of nitrogens with one attached hydrogen (secondary N) is 1. The predicted octanol–water partition coefficient (Wildman–Crippen LogP) is 2.30. The number of rotatable bonds is 3. The Morgan fingerprint density at radius 1 is 1.20 bits per heavy atom. The van der Waals surface area contributed by atoms with Crippen molar-refractivity contribution in [1.29, 1.82) is 0 Å². The third-order valence-electron chi connectivity index (χ3n) is 3.11. The van der Waals surface area contributed by atoms with Gasteiger partial charge in [-0.2, -0.15) is 0 Å². The Bertz CT molecular complexity index is 800. The highest BCUT2D eigenvalue weighted by molar-refractivity contribution is 5.80. The van der Waals surface area contributed by atoms with E-state index in [1.807, 2.05) is 31.2 Å². The van der Waals surface area contributed by atoms with E-state index in [1.54, 1.807) is 22.8 Å². The first-order valence-corrected chi connectivity index (χ1v) is 6.42. The number of imidazole rings is 1. The number of H-pyrrole nitrogens is 1. The molecule has 5 heteroatoms. The number of anilines is 1. The predicted molar refractivity (Wildman–Crippen MR) is 79.5 cm³/mol. The number of fused-ring (bicyclic) bond motifs is 1. The molecule has 0 fully saturated rings. The van der Waals surface area contributed by atoms with Gasteiger partial charge >= 0.3 is 5.69 Å². The average molecular weight is 269 g/mol. The third kappa shape index (κ3) is 2.03. The normalized spacial score (nSPS) is 10.8. The van der Waals surface area contributed by atoms with Crippen molar-refractivity contribution in [3.8, 4) is 11.4 Å². The van der Waals surface area contributed by atoms with Crippen LogP contribution in [0.3, 0.4) is 0 Å². The fraction of sp³-hybridized carbons (Fsp3) is 0.133. The number of benzene rings is 2. The van der Waals surface area contributed by atoms with Gasteiger partial charge in [0.25, 0.3) is 0 Å². The number of hydrogen-bond acceptors (Lipinski definition) is 3. The van der Waals surface area contributed by atoms with Gasteiger partial charge in [-0.25, -0.2) is 4.79 Å². The molecule has 1 aromatic heterocycles. The molecule has 2 aromatic carbocycles. The molecule has 0 spiro atoms. The Kier molecular flexibility index (Phi) is 2.95. The van der Waals surface area contributed by atoms with Crippen LogP contribution in [0.1, 0.15) is 6.92 Å². The molecule has 0 bridgehead atoms. The van der Waals surface area contributed by atoms with E-state index in [4.69, 9.17) is 10.5 Å². The molecular weight excluding hydrogens is 254 g/mol. The van der Waals surface area contributed by atoms with Gasteiger partial charge in [-0.3, -0.25) is 4.57 Å². The summed E-state index contributed by atoms with van der Waals surface area (Å²) in [5.41, 5.74) is 8.53. The van der Waals surface area contributed by atoms with Crippen LogP contribution in [0.4, 0.5) is 5.69 Å². The Balaban J connectivity index is 2.15. The highest BCUT2D eigenvalue weighted by Gasteiger charge is 2.09. The Hall–Kier alpha value is -2.69. The largest absolute Gasteiger partial charge is 0.494 e. The van der Waals surface area contributed by atoms with Crippen LogP contribution in [-0.4, -0.2) is 16.2 Å². The van der Waals surface area contributed by atoms with Crippen LogP contribution in [-0.2, 0) is 0 Å². The zero-order valence-electron chi connectivity index (χ0n) is 11.1. The molecule has 0 aliphatic carbocycles. The topological polar surface area (TPSA) is 73.0 Å². The van der Waals surface area contributed by atoms with Crippen molar-refractivity contribution in [2.45, 2.75) is 6.92 Å². The fourth-order valence-electron chi connectivity index (χ4n) is 2.23. The molecule has 0 radical (unpaired) electrons. The van der Waals surface area contributed by atoms with E-state index in [0.29, 0.717) is 12.3 Å². The zero-order chi connectivity index (χ0) is 14.1. The molecule has 5 nitrogen and oxygen atoms in total. The number of nitrogen functional groups attached to an aromatic ring is 1. The van der Waals surface area contributed by atoms with Gasteiger partial charge in [0.15, 0.2) is 0 Å². The lowest BCUT2D eigenvalue weighted by Crippen LogP contribution is -2.14. The maximum Gasteiger partial charge on any atom is 0.331 e. The summed E-state index contributed by atoms with van der Waals surface area (Å²) in [6.07, 6.45) is 0. The first-order valence-electron chi connectivity index (χ1n) is 6.42. The molecule has 0 amide bonds. The number of ether oxygens (including phenoxy) is 1. The van der Waals surface area contributed by atoms with Gasteiger partial charge in [-0.05, 0) is 49.4 Å². The molecule has 3 N–H and O–H groups in total. The maximum absolute atomic E-state index is 12.1. The van der Waals surface area contributed by atoms with Gasteiger partial charge in [-0.15, -0.1) is 0 Å². The van der Waals surface area contributed by atoms with Crippen LogP contribution >= 0.6 is 0 Å². The summed E-state index contributed by atoms with van der Waals surface area (Å²) in [5, 5.41) is 0. The summed E-state index contributed by atoms with van der Waals surface area (Å²) in [4.78, 5) is 14.9. The molecule has 1 heterocycles. The summed E-state index contributed by atoms with van der Waals surface area (Å²) in [6.45, 7) is 2.55. The molecule has 3 rings (SSSR count). The van der Waals surface area contributed by atoms with Crippen molar-refractivity contribution in [2.24, 2.45) is 0 Å². The van der Waals surface area contributed by atoms with Crippen LogP contribution < -0.4 is 16.2 Å². The van der Waals surface area contributed by atoms with E-state index in [-0.39, 0.29) is 5.69 Å². The highest BCUT2D eigenvalue weighted by atomic mass is 16.5. The lowest BCUT2D eigenvalue weighted by Gasteiger charge is -2.06. The second-order valence-electron chi connectivity index (χ2n) is 4.47. The highest BCUT2D eigenvalue weighted by Crippen LogP contribution is 2.20. The summed E-state index contributed by atoms with van der Waals surface area (Å²) < 4.78 is 7.00. The van der Waals surface area contributed by atoms with E-state index < -0.39 is 0 Å². The summed E-state index contributed by atoms with van der Waals surface area (Å²) in [7, 11) is 0. The molecule has 102 valence electrons. The van der Waals surface area contributed by atoms with Gasteiger partial charge in [0.05, 0.1) is 23.3 Å². The fourth-order valence-corrected chi connectivity index (χ4v) is 2.23. The quantitative estimate of drug-likeness (QED) is 0.716. The van der Waals surface area contributed by atoms with E-state index in [9.17, 15) is 4.79 Å². The van der Waals surface area contributed by atoms with Crippen LogP contribution in [0.5, 0.6) is 5.75 Å². The lowest BCUT2D eigenvalue weighted by atomic mass is 10.2. The van der Waals surface area contributed by atoms with Crippen LogP contribution in [0, 0.1) is 0 Å². The van der Waals surface area contributed by atoms with Gasteiger partial charge in [0.1, 0.15) is 5.75 Å². The minimum atomic E-state index is -0.185. The Morgan fingerprint density at radius 3 is 2.65 bits per heavy atom. The standard InChI is InChI=1S/C15H15N3O2/c1-2-20-12-6-4-11(5-7-12)18-14-9-10(16)3-8-13(14)17-15(18)19/h3-9H,2,16H2,1H3,(H,17,19). The molecular formula is C15H15N3O2. The molecule has 0 aliphatic rings. The molecule has 3 aromatic rings. The molecule has 0 aliphatic heterocycles. The molecule has 0 atom stereocenters. The van der Waals surface area contributed by atoms with E-state index in [1.165, 1.54) is 0 Å². The number of nitrogens with two attached hydrogens (primary N) is 1. The van der Waals surface area contributed by atoms with Gasteiger partial charge < -0.3 is 15.5 Å². The van der Waals surface area contributed by atoms with Crippen molar-refractivity contribution in [2.75, 3.05) is 12.3 Å². The second kappa shape index (κ2) is 4.77. The van der Waals surface area contributed by atoms with E-state index >= 15 is 0 Å². The Labute approximate surface area is 115 Å². The van der Waals surface area contributed by atoms with Crippen molar-refractivity contribution in [3.05, 3.63) is 52.9 Å². The van der Waals surface area contributed by atoms with Crippen molar-refractivity contribution in [3.63, 3.8) is 0 Å². The molecule has 0 unspecified atom stereocenters. The minimum Gasteiger partial charge on any atom is -0.494 e. The first-order chi connectivity index (χ1) is 9.69. The van der Waals surface area contributed by atoms with Gasteiger partial charge in [0, 0.05) is 5.69 Å². The van der Waals surface area contributed by atoms with Gasteiger partial charge in [-0.1, -0.05) is 0 Å². The van der Waals surface area contributed by atoms with E-state index in [2.05, 4.69) is 4.98 Å². The minimum absolute atomic E-state index is 0.185. The summed E-state index contributed by atoms with van der Waals surface area (Å²) in [6, 6.07) is 12.7. The van der Waals surface area contributed by atoms with E-state index in [0.717, 1.165) is 22.5 Å². The van der Waals surface area contributed by atoms with Crippen LogP contribution in [0.2, 0.25) is 0 Å². The van der Waals surface area contributed by atoms with Gasteiger partial charge in [0.2, 0.25) is 0 Å². The average Bonchev–Trinajstić information content (AvgIpc) is 2.76. The molecule has 20 heavy (non-hydrogen) atoms. The number of aromatic amines is 1. The maximum atomic E-state index is 12.1.